The van der Waals surface area contributed by atoms with Crippen molar-refractivity contribution < 1.29 is 9.53 Å². The fourth-order valence-corrected chi connectivity index (χ4v) is 6.12. The molecule has 0 aromatic carbocycles. The number of aromatic nitrogens is 3. The number of nitrogens with one attached hydrogen (secondary N) is 3. The Kier molecular flexibility index (Phi) is 7.34. The van der Waals surface area contributed by atoms with Gasteiger partial charge in [0, 0.05) is 18.8 Å². The van der Waals surface area contributed by atoms with Gasteiger partial charge in [-0.15, -0.1) is 11.6 Å². The van der Waals surface area contributed by atoms with Crippen molar-refractivity contribution in [1.29, 1.82) is 0 Å². The van der Waals surface area contributed by atoms with E-state index < -0.39 is 0 Å². The number of rotatable bonds is 4. The van der Waals surface area contributed by atoms with Crippen LogP contribution in [0, 0.1) is 0 Å². The predicted molar refractivity (Wildman–Crippen MR) is 138 cm³/mol. The maximum atomic E-state index is 13.5. The first-order valence-electron chi connectivity index (χ1n) is 13.0. The van der Waals surface area contributed by atoms with Crippen LogP contribution in [0.15, 0.2) is 18.5 Å². The molecule has 1 unspecified atom stereocenters. The summed E-state index contributed by atoms with van der Waals surface area (Å²) < 4.78 is 8.14. The van der Waals surface area contributed by atoms with Gasteiger partial charge in [-0.25, -0.2) is 4.68 Å². The van der Waals surface area contributed by atoms with Crippen molar-refractivity contribution in [2.24, 2.45) is 0 Å². The number of anilines is 3. The van der Waals surface area contributed by atoms with Gasteiger partial charge in [0.25, 0.3) is 5.91 Å². The summed E-state index contributed by atoms with van der Waals surface area (Å²) in [5.74, 6) is 1.15. The third-order valence-electron chi connectivity index (χ3n) is 7.67. The second kappa shape index (κ2) is 10.6. The first-order chi connectivity index (χ1) is 17.1. The minimum atomic E-state index is -0.337. The van der Waals surface area contributed by atoms with E-state index in [-0.39, 0.29) is 28.7 Å². The van der Waals surface area contributed by atoms with Crippen LogP contribution < -0.4 is 26.4 Å². The van der Waals surface area contributed by atoms with Gasteiger partial charge >= 0.3 is 0 Å². The van der Waals surface area contributed by atoms with Gasteiger partial charge < -0.3 is 26.4 Å². The van der Waals surface area contributed by atoms with Crippen molar-refractivity contribution in [2.45, 2.75) is 81.2 Å². The standard InChI is InChI=1S/C25H36ClN7O2/c26-20-16-30-23-21(22(27)32-33(23)25(20)10-5-3-1-2-4-6-11-25)24(34)31-18-15-29-14-9-19(18)35-17-7-12-28-13-8-17/h9,14-15,17,20,28,30H,1-8,10-13,16H2,(H2,27,32)(H,31,34). The maximum Gasteiger partial charge on any atom is 0.263 e. The lowest BCUT2D eigenvalue weighted by Gasteiger charge is -2.43. The lowest BCUT2D eigenvalue weighted by molar-refractivity contribution is 0.102. The Morgan fingerprint density at radius 3 is 2.63 bits per heavy atom. The number of carbonyl (C=O) groups is 1. The van der Waals surface area contributed by atoms with Crippen LogP contribution in [-0.2, 0) is 5.54 Å². The van der Waals surface area contributed by atoms with Crippen molar-refractivity contribution in [3.05, 3.63) is 24.0 Å². The quantitative estimate of drug-likeness (QED) is 0.465. The van der Waals surface area contributed by atoms with Crippen LogP contribution in [0.5, 0.6) is 5.75 Å². The van der Waals surface area contributed by atoms with Crippen molar-refractivity contribution in [2.75, 3.05) is 36.0 Å². The smallest absolute Gasteiger partial charge is 0.263 e. The van der Waals surface area contributed by atoms with Gasteiger partial charge in [-0.3, -0.25) is 9.78 Å². The Morgan fingerprint density at radius 1 is 1.17 bits per heavy atom. The van der Waals surface area contributed by atoms with Gasteiger partial charge in [0.1, 0.15) is 28.9 Å². The number of nitrogen functional groups attached to an aromatic ring is 1. The number of amides is 1. The molecule has 0 radical (unpaired) electrons. The first kappa shape index (κ1) is 24.2. The largest absolute Gasteiger partial charge is 0.488 e. The lowest BCUT2D eigenvalue weighted by Crippen LogP contribution is -2.50. The van der Waals surface area contributed by atoms with Crippen LogP contribution >= 0.6 is 11.6 Å². The SMILES string of the molecule is Nc1nn2c(c1C(=O)Nc1cnccc1OC1CCNCC1)NCC(Cl)C21CCCCCCCC1. The zero-order chi connectivity index (χ0) is 24.3. The normalized spacial score (nSPS) is 22.8. The van der Waals surface area contributed by atoms with Gasteiger partial charge in [0.2, 0.25) is 0 Å². The molecular weight excluding hydrogens is 466 g/mol. The number of halogens is 1. The van der Waals surface area contributed by atoms with Crippen LogP contribution in [0.25, 0.3) is 0 Å². The number of nitrogens with two attached hydrogens (primary N) is 1. The topological polar surface area (TPSA) is 119 Å². The summed E-state index contributed by atoms with van der Waals surface area (Å²) in [6.45, 7) is 2.42. The number of fused-ring (bicyclic) bond motifs is 2. The summed E-state index contributed by atoms with van der Waals surface area (Å²) >= 11 is 6.95. The third-order valence-corrected chi connectivity index (χ3v) is 8.23. The van der Waals surface area contributed by atoms with E-state index in [1.807, 2.05) is 4.68 Å². The Hall–Kier alpha value is -2.52. The molecule has 1 aliphatic carbocycles. The molecule has 3 aliphatic rings. The lowest BCUT2D eigenvalue weighted by atomic mass is 9.83. The van der Waals surface area contributed by atoms with E-state index in [9.17, 15) is 4.79 Å². The first-order valence-corrected chi connectivity index (χ1v) is 13.4. The number of alkyl halides is 1. The molecule has 5 rings (SSSR count). The molecule has 10 heteroatoms. The average Bonchev–Trinajstić information content (AvgIpc) is 3.26. The van der Waals surface area contributed by atoms with Gasteiger partial charge in [-0.2, -0.15) is 5.10 Å². The highest BCUT2D eigenvalue weighted by molar-refractivity contribution is 6.22. The highest BCUT2D eigenvalue weighted by Gasteiger charge is 2.46. The van der Waals surface area contributed by atoms with Crippen molar-refractivity contribution in [3.63, 3.8) is 0 Å². The van der Waals surface area contributed by atoms with Crippen LogP contribution in [0.4, 0.5) is 17.3 Å². The number of nitrogens with zero attached hydrogens (tertiary/aromatic N) is 3. The van der Waals surface area contributed by atoms with E-state index in [0.717, 1.165) is 51.6 Å². The molecule has 1 saturated heterocycles. The van der Waals surface area contributed by atoms with Crippen molar-refractivity contribution in [3.8, 4) is 5.75 Å². The van der Waals surface area contributed by atoms with Crippen LogP contribution in [-0.4, -0.2) is 51.8 Å². The molecule has 1 saturated carbocycles. The molecule has 190 valence electrons. The zero-order valence-corrected chi connectivity index (χ0v) is 20.9. The minimum absolute atomic E-state index is 0.105. The van der Waals surface area contributed by atoms with E-state index in [4.69, 9.17) is 27.2 Å². The second-order valence-electron chi connectivity index (χ2n) is 9.99. The molecule has 1 atom stereocenters. The summed E-state index contributed by atoms with van der Waals surface area (Å²) in [4.78, 5) is 17.7. The van der Waals surface area contributed by atoms with Crippen molar-refractivity contribution >= 4 is 34.8 Å². The van der Waals surface area contributed by atoms with Crippen LogP contribution in [0.3, 0.4) is 0 Å². The second-order valence-corrected chi connectivity index (χ2v) is 10.5. The van der Waals surface area contributed by atoms with E-state index in [1.54, 1.807) is 18.5 Å². The number of pyridine rings is 1. The van der Waals surface area contributed by atoms with Gasteiger partial charge in [0.05, 0.1) is 17.1 Å². The molecule has 2 aromatic heterocycles. The summed E-state index contributed by atoms with van der Waals surface area (Å²) in [7, 11) is 0. The number of carbonyl (C=O) groups excluding carboxylic acids is 1. The Balaban J connectivity index is 1.42. The van der Waals surface area contributed by atoms with Gasteiger partial charge in [-0.1, -0.05) is 38.5 Å². The van der Waals surface area contributed by atoms with Crippen molar-refractivity contribution in [1.82, 2.24) is 20.1 Å². The fraction of sp³-hybridized carbons (Fsp3) is 0.640. The molecule has 5 N–H and O–H groups in total. The highest BCUT2D eigenvalue weighted by atomic mass is 35.5. The number of hydrogen-bond acceptors (Lipinski definition) is 7. The van der Waals surface area contributed by atoms with Crippen LogP contribution in [0.2, 0.25) is 0 Å². The molecule has 2 fully saturated rings. The molecule has 0 bridgehead atoms. The fourth-order valence-electron chi connectivity index (χ4n) is 5.73. The van der Waals surface area contributed by atoms with Gasteiger partial charge in [-0.05, 0) is 38.8 Å². The molecule has 1 spiro atoms. The van der Waals surface area contributed by atoms with Gasteiger partial charge in [0.15, 0.2) is 5.82 Å². The Morgan fingerprint density at radius 2 is 1.89 bits per heavy atom. The monoisotopic (exact) mass is 501 g/mol. The molecule has 35 heavy (non-hydrogen) atoms. The Bertz CT molecular complexity index is 1030. The molecular formula is C25H36ClN7O2. The zero-order valence-electron chi connectivity index (χ0n) is 20.2. The highest BCUT2D eigenvalue weighted by Crippen LogP contribution is 2.44. The summed E-state index contributed by atoms with van der Waals surface area (Å²) in [6, 6.07) is 1.79. The predicted octanol–water partition coefficient (Wildman–Crippen LogP) is 4.11. The molecule has 4 heterocycles. The number of hydrogen-bond donors (Lipinski definition) is 4. The van der Waals surface area contributed by atoms with Crippen LogP contribution in [0.1, 0.15) is 74.6 Å². The Labute approximate surface area is 211 Å². The van der Waals surface area contributed by atoms with E-state index >= 15 is 0 Å². The molecule has 9 nitrogen and oxygen atoms in total. The molecule has 1 amide bonds. The maximum absolute atomic E-state index is 13.5. The summed E-state index contributed by atoms with van der Waals surface area (Å²) in [6.07, 6.45) is 14.2. The average molecular weight is 502 g/mol. The summed E-state index contributed by atoms with van der Waals surface area (Å²) in [5, 5.41) is 14.2. The molecule has 2 aliphatic heterocycles. The van der Waals surface area contributed by atoms with E-state index in [0.29, 0.717) is 29.4 Å². The number of piperidine rings is 1. The third kappa shape index (κ3) is 4.93. The van der Waals surface area contributed by atoms with E-state index in [2.05, 4.69) is 20.9 Å². The number of ether oxygens (including phenoxy) is 1. The van der Waals surface area contributed by atoms with E-state index in [1.165, 1.54) is 25.7 Å². The minimum Gasteiger partial charge on any atom is -0.488 e. The molecule has 2 aromatic rings. The summed E-state index contributed by atoms with van der Waals surface area (Å²) in [5.41, 5.74) is 6.91.